The van der Waals surface area contributed by atoms with Gasteiger partial charge in [-0.2, -0.15) is 0 Å². The van der Waals surface area contributed by atoms with E-state index < -0.39 is 29.2 Å². The Morgan fingerprint density at radius 2 is 0.814 bits per heavy atom. The van der Waals surface area contributed by atoms with Crippen molar-refractivity contribution >= 4 is 53.3 Å². The van der Waals surface area contributed by atoms with Crippen LogP contribution in [-0.2, 0) is 0 Å². The van der Waals surface area contributed by atoms with Crippen LogP contribution < -0.4 is 39.5 Å². The molecule has 0 bridgehead atoms. The van der Waals surface area contributed by atoms with Gasteiger partial charge in [-0.25, -0.2) is 0 Å². The van der Waals surface area contributed by atoms with Crippen LogP contribution in [0.5, 0.6) is 17.2 Å². The normalized spacial score (nSPS) is 11.2. The van der Waals surface area contributed by atoms with Crippen molar-refractivity contribution in [3.05, 3.63) is 40.9 Å². The molecule has 0 aliphatic heterocycles. The standard InChI is InChI=1S/C10H14O4.C7H7O3.3C4H9.C3H9Si.CH3.2Sn/c1-5(2)13-9-7(11)8(12)10(9)14-6(3)4;1-4(2)10-6-3-5(8)7(6)9;3*1-3-4-2;1-4(2)3;;;/h5-6H,1-4H3;4H,1-2H3;3*1,3-4H2,2H3;1-3H3;1H3;;. The molecule has 4 radical (unpaired) electrons. The topological polar surface area (TPSA) is 96.0 Å². The van der Waals surface area contributed by atoms with Gasteiger partial charge in [0.05, 0.1) is 12.2 Å². The SMILES string of the molecule is CC(C)Oc1c(OC(C)C)c(=O)c1=O.CCC[CH2][Sn]([CH2]CCC)([CH2]CCC)[c]1c(OC(C)C)c(=O)c1=O.C[Si](C)C.[CH3][Sn]. The maximum atomic E-state index is 12.5. The van der Waals surface area contributed by atoms with Gasteiger partial charge in [0, 0.05) is 8.80 Å². The van der Waals surface area contributed by atoms with Gasteiger partial charge in [0.15, 0.2) is 0 Å². The molecule has 2 aromatic rings. The maximum absolute atomic E-state index is 12.5. The molecule has 0 aliphatic carbocycles. The molecule has 246 valence electrons. The predicted octanol–water partition coefficient (Wildman–Crippen LogP) is 6.56. The van der Waals surface area contributed by atoms with Gasteiger partial charge in [-0.15, -0.1) is 0 Å². The fraction of sp³-hybridized carbons (Fsp3) is 0.758. The van der Waals surface area contributed by atoms with E-state index in [2.05, 4.69) is 45.4 Å². The molecule has 0 heterocycles. The molecule has 10 heteroatoms. The van der Waals surface area contributed by atoms with E-state index in [1.807, 2.05) is 13.8 Å². The van der Waals surface area contributed by atoms with E-state index in [4.69, 9.17) is 14.2 Å². The van der Waals surface area contributed by atoms with Crippen molar-refractivity contribution in [1.82, 2.24) is 0 Å². The van der Waals surface area contributed by atoms with Crippen LogP contribution in [0.4, 0.5) is 0 Å². The van der Waals surface area contributed by atoms with Gasteiger partial charge in [-0.1, -0.05) is 19.6 Å². The summed E-state index contributed by atoms with van der Waals surface area (Å²) >= 11 is -1.28. The van der Waals surface area contributed by atoms with Crippen LogP contribution in [0.25, 0.3) is 0 Å². The first kappa shape index (κ1) is 44.5. The molecule has 0 unspecified atom stereocenters. The zero-order chi connectivity index (χ0) is 33.9. The van der Waals surface area contributed by atoms with E-state index in [1.165, 1.54) is 32.6 Å². The monoisotopic (exact) mass is 836 g/mol. The van der Waals surface area contributed by atoms with Crippen LogP contribution in [-0.4, -0.2) is 68.0 Å². The Labute approximate surface area is 280 Å². The summed E-state index contributed by atoms with van der Waals surface area (Å²) in [5.74, 6) is 0.599. The average Bonchev–Trinajstić information content (AvgIpc) is 2.95. The average molecular weight is 834 g/mol. The van der Waals surface area contributed by atoms with Gasteiger partial charge in [0.1, 0.15) is 0 Å². The number of hydrogen-bond acceptors (Lipinski definition) is 7. The Morgan fingerprint density at radius 3 is 1.07 bits per heavy atom. The summed E-state index contributed by atoms with van der Waals surface area (Å²) in [7, 11) is 0.120. The summed E-state index contributed by atoms with van der Waals surface area (Å²) in [5, 5.41) is 0. The molecule has 2 aromatic carbocycles. The predicted molar refractivity (Wildman–Crippen MR) is 189 cm³/mol. The third-order valence-corrected chi connectivity index (χ3v) is 21.9. The third-order valence-electron chi connectivity index (χ3n) is 6.31. The third kappa shape index (κ3) is 15.5. The first-order valence-corrected chi connectivity index (χ1v) is 29.4. The van der Waals surface area contributed by atoms with Crippen LogP contribution in [0.3, 0.4) is 0 Å². The second kappa shape index (κ2) is 23.7. The van der Waals surface area contributed by atoms with Crippen molar-refractivity contribution in [1.29, 1.82) is 0 Å². The Kier molecular flexibility index (Phi) is 24.5. The summed E-state index contributed by atoms with van der Waals surface area (Å²) in [6.07, 6.45) is 6.73. The molecule has 0 spiro atoms. The molecule has 0 saturated heterocycles. The van der Waals surface area contributed by atoms with Gasteiger partial charge < -0.3 is 9.47 Å². The van der Waals surface area contributed by atoms with Crippen molar-refractivity contribution < 1.29 is 14.2 Å². The molecule has 0 amide bonds. The van der Waals surface area contributed by atoms with Crippen LogP contribution in [0.1, 0.15) is 101 Å². The Morgan fingerprint density at radius 1 is 0.558 bits per heavy atom. The van der Waals surface area contributed by atoms with Crippen molar-refractivity contribution in [2.75, 3.05) is 0 Å². The molecule has 0 aromatic heterocycles. The zero-order valence-corrected chi connectivity index (χ0v) is 36.2. The summed E-state index contributed by atoms with van der Waals surface area (Å²) in [6, 6.07) is 0. The summed E-state index contributed by atoms with van der Waals surface area (Å²) in [5.41, 5.74) is -1.73. The molecule has 0 atom stereocenters. The molecule has 0 saturated carbocycles. The van der Waals surface area contributed by atoms with E-state index in [0.717, 1.165) is 22.8 Å². The molecule has 7 nitrogen and oxygen atoms in total. The van der Waals surface area contributed by atoms with E-state index in [1.54, 1.807) is 50.2 Å². The van der Waals surface area contributed by atoms with Crippen LogP contribution >= 0.6 is 0 Å². The van der Waals surface area contributed by atoms with Gasteiger partial charge in [0.25, 0.3) is 10.9 Å². The fourth-order valence-electron chi connectivity index (χ4n) is 4.53. The second-order valence-electron chi connectivity index (χ2n) is 12.3. The number of hydrogen-bond donors (Lipinski definition) is 0. The molecule has 2 rings (SSSR count). The van der Waals surface area contributed by atoms with E-state index in [0.29, 0.717) is 5.75 Å². The summed E-state index contributed by atoms with van der Waals surface area (Å²) in [6.45, 7) is 24.5. The molecule has 0 fully saturated rings. The second-order valence-corrected chi connectivity index (χ2v) is 28.3. The van der Waals surface area contributed by atoms with Gasteiger partial charge >= 0.3 is 173 Å². The molecular formula is C33H60O7SiSn2. The van der Waals surface area contributed by atoms with Crippen LogP contribution in [0, 0.1) is 0 Å². The first-order chi connectivity index (χ1) is 20.1. The molecule has 0 aliphatic rings. The molecule has 0 N–H and O–H groups in total. The van der Waals surface area contributed by atoms with Crippen molar-refractivity contribution in [3.8, 4) is 17.2 Å². The molecular weight excluding hydrogens is 774 g/mol. The Bertz CT molecular complexity index is 1100. The van der Waals surface area contributed by atoms with Crippen LogP contribution in [0.15, 0.2) is 19.2 Å². The number of ether oxygens (including phenoxy) is 3. The Balaban J connectivity index is 0. The number of rotatable bonds is 16. The van der Waals surface area contributed by atoms with E-state index in [9.17, 15) is 19.2 Å². The van der Waals surface area contributed by atoms with E-state index >= 15 is 0 Å². The zero-order valence-electron chi connectivity index (χ0n) is 29.5. The molecule has 43 heavy (non-hydrogen) atoms. The van der Waals surface area contributed by atoms with Gasteiger partial charge in [-0.3, -0.25) is 9.59 Å². The van der Waals surface area contributed by atoms with Crippen molar-refractivity contribution in [3.63, 3.8) is 0 Å². The fourth-order valence-corrected chi connectivity index (χ4v) is 21.2. The first-order valence-electron chi connectivity index (χ1n) is 16.0. The van der Waals surface area contributed by atoms with Gasteiger partial charge in [-0.05, 0) is 27.7 Å². The quantitative estimate of drug-likeness (QED) is 0.140. The van der Waals surface area contributed by atoms with Crippen molar-refractivity contribution in [2.45, 2.75) is 157 Å². The van der Waals surface area contributed by atoms with Gasteiger partial charge in [0.2, 0.25) is 11.5 Å². The van der Waals surface area contributed by atoms with Crippen molar-refractivity contribution in [2.24, 2.45) is 0 Å². The van der Waals surface area contributed by atoms with E-state index in [-0.39, 0.29) is 49.5 Å². The van der Waals surface area contributed by atoms with Crippen LogP contribution in [0.2, 0.25) is 37.9 Å². The minimum atomic E-state index is -2.83. The number of unbranched alkanes of at least 4 members (excludes halogenated alkanes) is 3. The summed E-state index contributed by atoms with van der Waals surface area (Å²) < 4.78 is 20.6. The minimum absolute atomic E-state index is 0.0374. The Hall–Kier alpha value is -0.626. The summed E-state index contributed by atoms with van der Waals surface area (Å²) in [4.78, 5) is 48.8.